The Labute approximate surface area is 241 Å². The van der Waals surface area contributed by atoms with Crippen molar-refractivity contribution in [1.82, 2.24) is 29.0 Å². The number of H-pyrrole nitrogens is 3. The summed E-state index contributed by atoms with van der Waals surface area (Å²) in [4.78, 5) is 87.5. The molecule has 5 atom stereocenters. The Morgan fingerprint density at radius 1 is 0.773 bits per heavy atom. The second-order valence-electron chi connectivity index (χ2n) is 9.28. The number of nitrogens with zero attached hydrogens (tertiary/aromatic N) is 3. The lowest BCUT2D eigenvalue weighted by Crippen LogP contribution is -2.38. The van der Waals surface area contributed by atoms with Gasteiger partial charge in [0.05, 0.1) is 19.0 Å². The number of aromatic amines is 3. The molecule has 0 saturated carbocycles. The van der Waals surface area contributed by atoms with E-state index in [0.717, 1.165) is 10.8 Å². The highest BCUT2D eigenvalue weighted by molar-refractivity contribution is 7.61. The van der Waals surface area contributed by atoms with Gasteiger partial charge in [-0.05, 0) is 20.8 Å². The van der Waals surface area contributed by atoms with Crippen LogP contribution in [0.25, 0.3) is 0 Å². The minimum absolute atomic E-state index is 0.0483. The van der Waals surface area contributed by atoms with Gasteiger partial charge >= 0.3 is 32.7 Å². The van der Waals surface area contributed by atoms with Crippen molar-refractivity contribution >= 4 is 15.6 Å². The summed E-state index contributed by atoms with van der Waals surface area (Å²) < 4.78 is 51.7. The van der Waals surface area contributed by atoms with E-state index >= 15 is 0 Å². The molecule has 6 N–H and O–H groups in total. The van der Waals surface area contributed by atoms with Crippen LogP contribution in [0.1, 0.15) is 22.9 Å². The van der Waals surface area contributed by atoms with Crippen molar-refractivity contribution < 1.29 is 47.1 Å². The average Bonchev–Trinajstić information content (AvgIpc) is 3.19. The Bertz CT molecular complexity index is 1960. The van der Waals surface area contributed by atoms with Gasteiger partial charge in [0.25, 0.3) is 16.7 Å². The van der Waals surface area contributed by atoms with Crippen molar-refractivity contribution in [3.63, 3.8) is 0 Å². The first-order chi connectivity index (χ1) is 20.4. The third-order valence-corrected chi connectivity index (χ3v) is 8.77. The molecule has 4 heterocycles. The molecule has 0 bridgehead atoms. The largest absolute Gasteiger partial charge is 0.635 e. The highest BCUT2D eigenvalue weighted by Gasteiger charge is 2.48. The number of aromatic nitrogens is 6. The zero-order valence-corrected chi connectivity index (χ0v) is 24.4. The Kier molecular flexibility index (Phi) is 9.01. The van der Waals surface area contributed by atoms with Crippen molar-refractivity contribution in [2.75, 3.05) is 6.61 Å². The molecule has 1 aliphatic heterocycles. The van der Waals surface area contributed by atoms with Gasteiger partial charge in [0.2, 0.25) is 0 Å². The lowest BCUT2D eigenvalue weighted by Gasteiger charge is -2.22. The molecule has 0 spiro atoms. The maximum Gasteiger partial charge on any atom is 0.635 e. The Hall–Kier alpha value is -4.14. The predicted molar refractivity (Wildman–Crippen MR) is 142 cm³/mol. The number of rotatable bonds is 10. The van der Waals surface area contributed by atoms with Gasteiger partial charge in [0.15, 0.2) is 6.23 Å². The van der Waals surface area contributed by atoms with Gasteiger partial charge < -0.3 is 19.8 Å². The van der Waals surface area contributed by atoms with Crippen molar-refractivity contribution in [3.05, 3.63) is 97.8 Å². The van der Waals surface area contributed by atoms with Gasteiger partial charge in [0, 0.05) is 22.9 Å². The van der Waals surface area contributed by atoms with Crippen LogP contribution >= 0.6 is 15.6 Å². The normalized spacial score (nSPS) is 21.6. The zero-order valence-electron chi connectivity index (χ0n) is 22.6. The molecule has 0 aromatic carbocycles. The number of hydrogen-bond donors (Lipinski definition) is 6. The molecule has 0 radical (unpaired) electrons. The number of aryl methyl sites for hydroxylation is 3. The molecule has 1 saturated heterocycles. The van der Waals surface area contributed by atoms with Crippen LogP contribution in [0.2, 0.25) is 0 Å². The second-order valence-corrected chi connectivity index (χ2v) is 12.3. The van der Waals surface area contributed by atoms with Gasteiger partial charge in [-0.3, -0.25) is 47.7 Å². The molecule has 1 unspecified atom stereocenters. The first-order valence-corrected chi connectivity index (χ1v) is 15.0. The van der Waals surface area contributed by atoms with Gasteiger partial charge in [-0.15, -0.1) is 9.46 Å². The van der Waals surface area contributed by atoms with E-state index in [-0.39, 0.29) is 26.2 Å². The summed E-state index contributed by atoms with van der Waals surface area (Å²) in [6.45, 7) is 2.68. The fraction of sp³-hybridized carbons (Fsp3) is 0.400. The summed E-state index contributed by atoms with van der Waals surface area (Å²) in [5, 5.41) is 20.8. The highest BCUT2D eigenvalue weighted by Crippen LogP contribution is 2.60. The summed E-state index contributed by atoms with van der Waals surface area (Å²) in [7, 11) is -11.3. The van der Waals surface area contributed by atoms with Gasteiger partial charge in [-0.2, -0.15) is 4.31 Å². The molecule has 22 nitrogen and oxygen atoms in total. The summed E-state index contributed by atoms with van der Waals surface area (Å²) in [6.07, 6.45) is -4.43. The first-order valence-electron chi connectivity index (χ1n) is 12.1. The molecule has 0 amide bonds. The minimum atomic E-state index is -5.66. The molecule has 1 aliphatic rings. The molecule has 3 aromatic heterocycles. The summed E-state index contributed by atoms with van der Waals surface area (Å²) in [5.41, 5.74) is -6.48. The average molecular weight is 666 g/mol. The van der Waals surface area contributed by atoms with Crippen molar-refractivity contribution in [3.8, 4) is 0 Å². The molecule has 0 aliphatic carbocycles. The number of ether oxygens (including phenoxy) is 1. The lowest BCUT2D eigenvalue weighted by atomic mass is 10.1. The van der Waals surface area contributed by atoms with Gasteiger partial charge in [0.1, 0.15) is 18.3 Å². The van der Waals surface area contributed by atoms with Crippen LogP contribution in [0.5, 0.6) is 0 Å². The van der Waals surface area contributed by atoms with E-state index < -0.39 is 80.5 Å². The van der Waals surface area contributed by atoms with Crippen LogP contribution in [-0.2, 0) is 22.7 Å². The van der Waals surface area contributed by atoms with E-state index in [1.165, 1.54) is 20.8 Å². The van der Waals surface area contributed by atoms with Crippen LogP contribution in [0.3, 0.4) is 0 Å². The van der Waals surface area contributed by atoms with E-state index in [1.54, 1.807) is 9.97 Å². The van der Waals surface area contributed by atoms with E-state index in [4.69, 9.17) is 18.5 Å². The number of phosphoric acid groups is 2. The number of phosphoric ester groups is 1. The van der Waals surface area contributed by atoms with Gasteiger partial charge in [-0.25, -0.2) is 23.5 Å². The maximum atomic E-state index is 13.5. The third kappa shape index (κ3) is 6.98. The quantitative estimate of drug-likeness (QED) is 0.113. The molecule has 240 valence electrons. The molecule has 4 rings (SSSR count). The standard InChI is InChI=1S/C20H24N6O16P2/c1-8-4-24(18(32)21-14(8)29)17-13(28)12(27)11(39-17)7-38-43(35,36)42-44(37,40-25-5-9(2)15(30)22-19(25)33)41-26-6-10(3)16(31)23-20(26)34/h4-6,11-13,17,27-28H,7H2,1-3H3,(H,35,36)(H,21,29,32)(H,22,30,33)(H,23,31,34)/t11-,12-,13-,17-/m1/s1. The summed E-state index contributed by atoms with van der Waals surface area (Å²) in [5.74, 6) is 0. The molecule has 3 aromatic rings. The first kappa shape index (κ1) is 32.8. The summed E-state index contributed by atoms with van der Waals surface area (Å²) in [6, 6.07) is 0. The smallest absolute Gasteiger partial charge is 0.387 e. The van der Waals surface area contributed by atoms with Crippen LogP contribution in [0, 0.1) is 20.8 Å². The van der Waals surface area contributed by atoms with Crippen molar-refractivity contribution in [2.24, 2.45) is 0 Å². The van der Waals surface area contributed by atoms with Crippen LogP contribution < -0.4 is 43.0 Å². The molecule has 44 heavy (non-hydrogen) atoms. The van der Waals surface area contributed by atoms with Crippen LogP contribution in [0.15, 0.2) is 47.4 Å². The highest BCUT2D eigenvalue weighted by atomic mass is 31.3. The van der Waals surface area contributed by atoms with E-state index in [9.17, 15) is 53.0 Å². The topological polar surface area (TPSA) is 306 Å². The third-order valence-electron chi connectivity index (χ3n) is 5.92. The predicted octanol–water partition coefficient (Wildman–Crippen LogP) is -3.72. The molecule has 24 heteroatoms. The minimum Gasteiger partial charge on any atom is -0.387 e. The number of nitrogens with one attached hydrogen (secondary N) is 3. The van der Waals surface area contributed by atoms with Crippen LogP contribution in [0.4, 0.5) is 0 Å². The van der Waals surface area contributed by atoms with Crippen LogP contribution in [-0.4, -0.2) is 69.0 Å². The Balaban J connectivity index is 1.59. The lowest BCUT2D eigenvalue weighted by molar-refractivity contribution is -0.0545. The van der Waals surface area contributed by atoms with Gasteiger partial charge in [-0.1, -0.05) is 0 Å². The van der Waals surface area contributed by atoms with E-state index in [2.05, 4.69) is 4.31 Å². The second kappa shape index (κ2) is 12.1. The van der Waals surface area contributed by atoms with Crippen molar-refractivity contribution in [1.29, 1.82) is 0 Å². The fourth-order valence-electron chi connectivity index (χ4n) is 3.66. The zero-order chi connectivity index (χ0) is 32.7. The number of aliphatic hydroxyl groups is 2. The summed E-state index contributed by atoms with van der Waals surface area (Å²) >= 11 is 0. The Morgan fingerprint density at radius 2 is 1.23 bits per heavy atom. The van der Waals surface area contributed by atoms with Crippen molar-refractivity contribution in [2.45, 2.75) is 45.3 Å². The van der Waals surface area contributed by atoms with E-state index in [0.29, 0.717) is 12.4 Å². The number of hydrogen-bond acceptors (Lipinski definition) is 15. The Morgan fingerprint density at radius 3 is 1.73 bits per heavy atom. The maximum absolute atomic E-state index is 13.5. The molecular weight excluding hydrogens is 642 g/mol. The fourth-order valence-corrected chi connectivity index (χ4v) is 6.14. The monoisotopic (exact) mass is 666 g/mol. The SMILES string of the molecule is Cc1cn(OP(=O)(On2cc(C)c(=O)[nH]c2=O)OP(=O)(O)OC[C@H]2O[C@@H](n3cc(C)c(=O)[nH]c3=O)[C@H](O)[C@@H]2O)c(=O)[nH]c1=O. The molecule has 1 fully saturated rings. The number of aliphatic hydroxyl groups excluding tert-OH is 2. The van der Waals surface area contributed by atoms with E-state index in [1.807, 2.05) is 4.98 Å². The molecular formula is C20H24N6O16P2.